The molecule has 0 aliphatic carbocycles. The van der Waals surface area contributed by atoms with Gasteiger partial charge in [-0.1, -0.05) is 78.4 Å². The quantitative estimate of drug-likeness (QED) is 0.299. The number of alkyl carbamates (subject to hydrolysis) is 1. The van der Waals surface area contributed by atoms with Gasteiger partial charge in [0.15, 0.2) is 0 Å². The van der Waals surface area contributed by atoms with Gasteiger partial charge in [0.1, 0.15) is 6.10 Å². The number of nitrogens with one attached hydrogen (secondary N) is 2. The van der Waals surface area contributed by atoms with Crippen LogP contribution < -0.4 is 10.6 Å². The van der Waals surface area contributed by atoms with E-state index in [-0.39, 0.29) is 18.6 Å². The van der Waals surface area contributed by atoms with Crippen LogP contribution in [0.15, 0.2) is 97.2 Å². The van der Waals surface area contributed by atoms with Gasteiger partial charge in [-0.25, -0.2) is 4.79 Å². The van der Waals surface area contributed by atoms with E-state index >= 15 is 0 Å². The van der Waals surface area contributed by atoms with E-state index in [0.29, 0.717) is 18.5 Å². The second-order valence-electron chi connectivity index (χ2n) is 8.84. The van der Waals surface area contributed by atoms with Crippen molar-refractivity contribution in [1.29, 1.82) is 0 Å². The number of rotatable bonds is 9. The van der Waals surface area contributed by atoms with Crippen LogP contribution >= 0.6 is 0 Å². The molecule has 0 spiro atoms. The molecule has 0 saturated carbocycles. The minimum atomic E-state index is -0.497. The average molecular weight is 494 g/mol. The van der Waals surface area contributed by atoms with Crippen molar-refractivity contribution in [2.24, 2.45) is 0 Å². The van der Waals surface area contributed by atoms with Crippen LogP contribution in [0.5, 0.6) is 0 Å². The number of benzene rings is 3. The van der Waals surface area contributed by atoms with Crippen molar-refractivity contribution in [3.63, 3.8) is 0 Å². The lowest BCUT2D eigenvalue weighted by Gasteiger charge is -2.16. The van der Waals surface area contributed by atoms with Gasteiger partial charge in [-0.15, -0.1) is 0 Å². The first-order valence-electron chi connectivity index (χ1n) is 12.4. The molecule has 4 aromatic rings. The molecule has 1 unspecified atom stereocenters. The molecular weight excluding hydrogens is 462 g/mol. The molecule has 0 radical (unpaired) electrons. The fourth-order valence-electron chi connectivity index (χ4n) is 4.07. The number of aromatic nitrogens is 1. The van der Waals surface area contributed by atoms with Crippen LogP contribution in [0.1, 0.15) is 45.8 Å². The number of aryl methyl sites for hydroxylation is 1. The highest BCUT2D eigenvalue weighted by Crippen LogP contribution is 2.27. The lowest BCUT2D eigenvalue weighted by molar-refractivity contribution is 0.0954. The fraction of sp³-hybridized carbons (Fsp3) is 0.194. The summed E-state index contributed by atoms with van der Waals surface area (Å²) in [6, 6.07) is 28.9. The minimum Gasteiger partial charge on any atom is -0.442 e. The number of amides is 2. The summed E-state index contributed by atoms with van der Waals surface area (Å²) in [6.45, 7) is 4.62. The van der Waals surface area contributed by atoms with E-state index in [1.165, 1.54) is 0 Å². The predicted octanol–water partition coefficient (Wildman–Crippen LogP) is 6.02. The highest BCUT2D eigenvalue weighted by atomic mass is 16.6. The molecule has 6 heteroatoms. The Morgan fingerprint density at radius 3 is 2.30 bits per heavy atom. The molecule has 4 rings (SSSR count). The number of ether oxygens (including phenoxy) is 1. The smallest absolute Gasteiger partial charge is 0.408 e. The van der Waals surface area contributed by atoms with Crippen LogP contribution in [-0.2, 0) is 17.7 Å². The van der Waals surface area contributed by atoms with E-state index in [1.807, 2.05) is 105 Å². The number of nitrogens with zero attached hydrogens (tertiary/aromatic N) is 1. The summed E-state index contributed by atoms with van der Waals surface area (Å²) in [5.41, 5.74) is 6.16. The van der Waals surface area contributed by atoms with Crippen LogP contribution in [0.3, 0.4) is 0 Å². The molecule has 0 aliphatic rings. The lowest BCUT2D eigenvalue weighted by atomic mass is 9.95. The standard InChI is InChI=1S/C31H31N3O3/c1-22-14-16-24(17-15-22)23(2)37-31(36)34-21-25-9-3-4-11-27(25)28-12-5-6-13-29(28)30(35)33-20-18-26-10-7-8-19-32-26/h3-17,19,23H,18,20-21H2,1-2H3,(H,33,35)(H,34,36). The first-order valence-corrected chi connectivity index (χ1v) is 12.4. The number of pyridine rings is 1. The lowest BCUT2D eigenvalue weighted by Crippen LogP contribution is -2.27. The van der Waals surface area contributed by atoms with Gasteiger partial charge >= 0.3 is 6.09 Å². The summed E-state index contributed by atoms with van der Waals surface area (Å²) in [5, 5.41) is 5.85. The molecular formula is C31H31N3O3. The maximum Gasteiger partial charge on any atom is 0.408 e. The van der Waals surface area contributed by atoms with Crippen LogP contribution in [-0.4, -0.2) is 23.5 Å². The zero-order valence-electron chi connectivity index (χ0n) is 21.1. The zero-order valence-corrected chi connectivity index (χ0v) is 21.1. The Morgan fingerprint density at radius 2 is 1.54 bits per heavy atom. The van der Waals surface area contributed by atoms with Gasteiger partial charge in [-0.2, -0.15) is 0 Å². The second kappa shape index (κ2) is 12.5. The Hall–Kier alpha value is -4.45. The molecule has 0 fully saturated rings. The van der Waals surface area contributed by atoms with Crippen LogP contribution in [0.25, 0.3) is 11.1 Å². The first-order chi connectivity index (χ1) is 18.0. The van der Waals surface area contributed by atoms with Crippen molar-refractivity contribution in [2.75, 3.05) is 6.54 Å². The molecule has 6 nitrogen and oxygen atoms in total. The van der Waals surface area contributed by atoms with E-state index in [9.17, 15) is 9.59 Å². The second-order valence-corrected chi connectivity index (χ2v) is 8.84. The highest BCUT2D eigenvalue weighted by Gasteiger charge is 2.16. The summed E-state index contributed by atoms with van der Waals surface area (Å²) in [4.78, 5) is 29.9. The zero-order chi connectivity index (χ0) is 26.0. The molecule has 188 valence electrons. The molecule has 2 amide bonds. The maximum absolute atomic E-state index is 13.1. The van der Waals surface area contributed by atoms with Crippen molar-refractivity contribution in [1.82, 2.24) is 15.6 Å². The van der Waals surface area contributed by atoms with Crippen molar-refractivity contribution < 1.29 is 14.3 Å². The monoisotopic (exact) mass is 493 g/mol. The van der Waals surface area contributed by atoms with Gasteiger partial charge in [0, 0.05) is 37.0 Å². The number of hydrogen-bond acceptors (Lipinski definition) is 4. The molecule has 3 aromatic carbocycles. The third-order valence-corrected chi connectivity index (χ3v) is 6.13. The van der Waals surface area contributed by atoms with Crippen LogP contribution in [0.4, 0.5) is 4.79 Å². The van der Waals surface area contributed by atoms with Crippen molar-refractivity contribution in [3.8, 4) is 11.1 Å². The Balaban J connectivity index is 1.42. The van der Waals surface area contributed by atoms with Crippen LogP contribution in [0.2, 0.25) is 0 Å². The molecule has 1 heterocycles. The number of carbonyl (C=O) groups is 2. The molecule has 2 N–H and O–H groups in total. The number of hydrogen-bond donors (Lipinski definition) is 2. The van der Waals surface area contributed by atoms with Gasteiger partial charge in [-0.05, 0) is 54.3 Å². The van der Waals surface area contributed by atoms with E-state index in [2.05, 4.69) is 15.6 Å². The summed E-state index contributed by atoms with van der Waals surface area (Å²) in [7, 11) is 0. The Bertz CT molecular complexity index is 1340. The Kier molecular flexibility index (Phi) is 8.66. The van der Waals surface area contributed by atoms with Gasteiger partial charge in [-0.3, -0.25) is 9.78 Å². The minimum absolute atomic E-state index is 0.152. The van der Waals surface area contributed by atoms with E-state index in [4.69, 9.17) is 4.74 Å². The Morgan fingerprint density at radius 1 is 0.838 bits per heavy atom. The van der Waals surface area contributed by atoms with Gasteiger partial charge < -0.3 is 15.4 Å². The Labute approximate surface area is 217 Å². The van der Waals surface area contributed by atoms with Gasteiger partial charge in [0.2, 0.25) is 0 Å². The summed E-state index contributed by atoms with van der Waals surface area (Å²) >= 11 is 0. The van der Waals surface area contributed by atoms with Crippen molar-refractivity contribution in [2.45, 2.75) is 32.9 Å². The third kappa shape index (κ3) is 7.04. The molecule has 37 heavy (non-hydrogen) atoms. The largest absolute Gasteiger partial charge is 0.442 e. The predicted molar refractivity (Wildman–Crippen MR) is 145 cm³/mol. The van der Waals surface area contributed by atoms with Crippen molar-refractivity contribution >= 4 is 12.0 Å². The van der Waals surface area contributed by atoms with Crippen LogP contribution in [0, 0.1) is 6.92 Å². The first kappa shape index (κ1) is 25.6. The molecule has 0 saturated heterocycles. The average Bonchev–Trinajstić information content (AvgIpc) is 2.93. The number of carbonyl (C=O) groups excluding carboxylic acids is 2. The molecule has 1 atom stereocenters. The third-order valence-electron chi connectivity index (χ3n) is 6.13. The topological polar surface area (TPSA) is 80.3 Å². The van der Waals surface area contributed by atoms with Gasteiger partial charge in [0.25, 0.3) is 5.91 Å². The fourth-order valence-corrected chi connectivity index (χ4v) is 4.07. The van der Waals surface area contributed by atoms with Crippen molar-refractivity contribution in [3.05, 3.63) is 125 Å². The summed E-state index contributed by atoms with van der Waals surface area (Å²) in [5.74, 6) is -0.152. The molecule has 1 aromatic heterocycles. The highest BCUT2D eigenvalue weighted by molar-refractivity contribution is 6.01. The maximum atomic E-state index is 13.1. The van der Waals surface area contributed by atoms with E-state index in [0.717, 1.165) is 33.5 Å². The summed E-state index contributed by atoms with van der Waals surface area (Å²) < 4.78 is 5.57. The SMILES string of the molecule is Cc1ccc(C(C)OC(=O)NCc2ccccc2-c2ccccc2C(=O)NCCc2ccccn2)cc1. The van der Waals surface area contributed by atoms with E-state index < -0.39 is 6.09 Å². The summed E-state index contributed by atoms with van der Waals surface area (Å²) in [6.07, 6.45) is 1.53. The normalized spacial score (nSPS) is 11.4. The molecule has 0 aliphatic heterocycles. The van der Waals surface area contributed by atoms with Gasteiger partial charge in [0.05, 0.1) is 0 Å². The van der Waals surface area contributed by atoms with E-state index in [1.54, 1.807) is 6.20 Å². The molecule has 0 bridgehead atoms.